The Balaban J connectivity index is 2.44. The van der Waals surface area contributed by atoms with E-state index in [1.54, 1.807) is 84.0 Å². The number of carbonyl (C=O) groups is 4. The van der Waals surface area contributed by atoms with Crippen LogP contribution in [0.5, 0.6) is 5.75 Å². The van der Waals surface area contributed by atoms with Crippen molar-refractivity contribution in [3.63, 3.8) is 0 Å². The maximum absolute atomic E-state index is 14.2. The molecule has 10 nitrogen and oxygen atoms in total. The van der Waals surface area contributed by atoms with E-state index in [2.05, 4.69) is 10.6 Å². The van der Waals surface area contributed by atoms with E-state index >= 15 is 0 Å². The van der Waals surface area contributed by atoms with Gasteiger partial charge in [0, 0.05) is 19.0 Å². The van der Waals surface area contributed by atoms with Crippen LogP contribution in [0.25, 0.3) is 0 Å². The third-order valence-corrected chi connectivity index (χ3v) is 5.75. The molecule has 3 amide bonds. The summed E-state index contributed by atoms with van der Waals surface area (Å²) in [5, 5.41) is 15.1. The van der Waals surface area contributed by atoms with Gasteiger partial charge in [-0.2, -0.15) is 0 Å². The van der Waals surface area contributed by atoms with Gasteiger partial charge in [-0.25, -0.2) is 4.79 Å². The van der Waals surface area contributed by atoms with Crippen molar-refractivity contribution in [1.29, 1.82) is 0 Å². The summed E-state index contributed by atoms with van der Waals surface area (Å²) in [5.41, 5.74) is 0.462. The van der Waals surface area contributed by atoms with Crippen molar-refractivity contribution in [2.75, 3.05) is 13.2 Å². The second kappa shape index (κ2) is 14.9. The molecule has 2 aromatic rings. The number of nitrogens with zero attached hydrogens (tertiary/aromatic N) is 1. The number of carbonyl (C=O) groups excluding carboxylic acids is 4. The highest BCUT2D eigenvalue weighted by atomic mass is 16.6. The van der Waals surface area contributed by atoms with Crippen LogP contribution < -0.4 is 10.6 Å². The van der Waals surface area contributed by atoms with Gasteiger partial charge in [-0.1, -0.05) is 42.5 Å². The van der Waals surface area contributed by atoms with Crippen LogP contribution in [0.2, 0.25) is 0 Å². The highest BCUT2D eigenvalue weighted by Gasteiger charge is 2.37. The van der Waals surface area contributed by atoms with Gasteiger partial charge in [0.05, 0.1) is 13.0 Å². The highest BCUT2D eigenvalue weighted by Crippen LogP contribution is 2.26. The molecule has 2 aromatic carbocycles. The molecule has 0 saturated carbocycles. The maximum Gasteiger partial charge on any atom is 0.408 e. The fourth-order valence-corrected chi connectivity index (χ4v) is 4.07. The van der Waals surface area contributed by atoms with Gasteiger partial charge in [0.2, 0.25) is 11.8 Å². The number of esters is 1. The van der Waals surface area contributed by atoms with Crippen molar-refractivity contribution < 1.29 is 33.8 Å². The van der Waals surface area contributed by atoms with Crippen LogP contribution in [0.4, 0.5) is 4.79 Å². The molecule has 0 aromatic heterocycles. The van der Waals surface area contributed by atoms with Gasteiger partial charge < -0.3 is 30.1 Å². The fourth-order valence-electron chi connectivity index (χ4n) is 4.07. The maximum atomic E-state index is 14.2. The number of nitrogens with one attached hydrogen (secondary N) is 2. The summed E-state index contributed by atoms with van der Waals surface area (Å²) in [6.45, 7) is 10.7. The van der Waals surface area contributed by atoms with Crippen molar-refractivity contribution in [2.24, 2.45) is 0 Å². The van der Waals surface area contributed by atoms with Crippen LogP contribution in [0.3, 0.4) is 0 Å². The van der Waals surface area contributed by atoms with E-state index in [1.807, 2.05) is 0 Å². The largest absolute Gasteiger partial charge is 0.508 e. The predicted octanol–water partition coefficient (Wildman–Crippen LogP) is 3.88. The Morgan fingerprint density at radius 2 is 1.60 bits per heavy atom. The Morgan fingerprint density at radius 3 is 2.15 bits per heavy atom. The van der Waals surface area contributed by atoms with Gasteiger partial charge in [-0.15, -0.1) is 0 Å². The first-order chi connectivity index (χ1) is 18.8. The number of benzene rings is 2. The van der Waals surface area contributed by atoms with Crippen molar-refractivity contribution in [3.8, 4) is 5.75 Å². The number of aromatic hydroxyl groups is 1. The molecular formula is C30H41N3O7. The van der Waals surface area contributed by atoms with Crippen molar-refractivity contribution >= 4 is 23.9 Å². The summed E-state index contributed by atoms with van der Waals surface area (Å²) in [6, 6.07) is 12.6. The lowest BCUT2D eigenvalue weighted by atomic mass is 9.99. The number of amides is 3. The van der Waals surface area contributed by atoms with Crippen LogP contribution in [-0.2, 0) is 30.3 Å². The van der Waals surface area contributed by atoms with E-state index in [4.69, 9.17) is 9.47 Å². The Hall–Kier alpha value is -4.08. The third kappa shape index (κ3) is 10.2. The number of hydrogen-bond acceptors (Lipinski definition) is 7. The molecule has 2 unspecified atom stereocenters. The molecule has 0 heterocycles. The molecule has 0 saturated heterocycles. The lowest BCUT2D eigenvalue weighted by Gasteiger charge is -2.37. The minimum Gasteiger partial charge on any atom is -0.508 e. The van der Waals surface area contributed by atoms with Crippen LogP contribution in [0.1, 0.15) is 65.1 Å². The van der Waals surface area contributed by atoms with Crippen molar-refractivity contribution in [1.82, 2.24) is 15.5 Å². The summed E-state index contributed by atoms with van der Waals surface area (Å²) in [7, 11) is 0. The molecule has 0 aliphatic carbocycles. The molecule has 0 spiro atoms. The number of hydrogen-bond donors (Lipinski definition) is 3. The molecule has 0 aliphatic heterocycles. The molecule has 10 heteroatoms. The molecule has 2 atom stereocenters. The van der Waals surface area contributed by atoms with E-state index in [0.29, 0.717) is 11.1 Å². The Bertz CT molecular complexity index is 1130. The van der Waals surface area contributed by atoms with E-state index in [1.165, 1.54) is 17.0 Å². The molecular weight excluding hydrogens is 514 g/mol. The minimum absolute atomic E-state index is 0.0135. The molecule has 0 bridgehead atoms. The zero-order valence-electron chi connectivity index (χ0n) is 24.1. The molecule has 0 radical (unpaired) electrons. The normalized spacial score (nSPS) is 12.7. The molecule has 0 fully saturated rings. The Labute approximate surface area is 236 Å². The first-order valence-corrected chi connectivity index (χ1v) is 13.4. The topological polar surface area (TPSA) is 134 Å². The highest BCUT2D eigenvalue weighted by molar-refractivity contribution is 5.92. The Morgan fingerprint density at radius 1 is 0.975 bits per heavy atom. The van der Waals surface area contributed by atoms with E-state index in [0.717, 1.165) is 0 Å². The lowest BCUT2D eigenvalue weighted by molar-refractivity contribution is -0.145. The first-order valence-electron chi connectivity index (χ1n) is 13.4. The van der Waals surface area contributed by atoms with Crippen LogP contribution >= 0.6 is 0 Å². The van der Waals surface area contributed by atoms with Crippen molar-refractivity contribution in [3.05, 3.63) is 65.7 Å². The SMILES string of the molecule is CCOC(=O)CCNC(=O)C(c1ccccc1)N(C(=O)C(Cc1ccc(O)cc1)NC(=O)OC(C)(C)C)C(C)C. The minimum atomic E-state index is -1.08. The predicted molar refractivity (Wildman–Crippen MR) is 150 cm³/mol. The fraction of sp³-hybridized carbons (Fsp3) is 0.467. The zero-order chi connectivity index (χ0) is 29.9. The molecule has 40 heavy (non-hydrogen) atoms. The number of alkyl carbamates (subject to hydrolysis) is 1. The second-order valence-corrected chi connectivity index (χ2v) is 10.6. The molecule has 0 aliphatic rings. The van der Waals surface area contributed by atoms with Gasteiger partial charge in [0.25, 0.3) is 0 Å². The quantitative estimate of drug-likeness (QED) is 0.339. The van der Waals surface area contributed by atoms with Gasteiger partial charge in [0.15, 0.2) is 0 Å². The third-order valence-electron chi connectivity index (χ3n) is 5.75. The standard InChI is InChI=1S/C30H41N3O7/c1-7-39-25(35)17-18-31-27(36)26(22-11-9-8-10-12-22)33(20(2)3)28(37)24(32-29(38)40-30(4,5)6)19-21-13-15-23(34)16-14-21/h8-16,20,24,26,34H,7,17-19H2,1-6H3,(H,31,36)(H,32,38). The number of ether oxygens (including phenoxy) is 2. The molecule has 3 N–H and O–H groups in total. The van der Waals surface area contributed by atoms with Gasteiger partial charge in [-0.3, -0.25) is 14.4 Å². The summed E-state index contributed by atoms with van der Waals surface area (Å²) in [6.07, 6.45) is -0.697. The summed E-state index contributed by atoms with van der Waals surface area (Å²) < 4.78 is 10.4. The number of rotatable bonds is 12. The summed E-state index contributed by atoms with van der Waals surface area (Å²) >= 11 is 0. The monoisotopic (exact) mass is 555 g/mol. The zero-order valence-corrected chi connectivity index (χ0v) is 24.1. The molecule has 2 rings (SSSR count). The lowest BCUT2D eigenvalue weighted by Crippen LogP contribution is -2.55. The summed E-state index contributed by atoms with van der Waals surface area (Å²) in [5.74, 6) is -1.34. The van der Waals surface area contributed by atoms with Crippen LogP contribution in [0, 0.1) is 0 Å². The Kier molecular flexibility index (Phi) is 12.0. The summed E-state index contributed by atoms with van der Waals surface area (Å²) in [4.78, 5) is 53.8. The van der Waals surface area contributed by atoms with E-state index < -0.39 is 47.6 Å². The second-order valence-electron chi connectivity index (χ2n) is 10.6. The van der Waals surface area contributed by atoms with Gasteiger partial charge >= 0.3 is 12.1 Å². The number of phenols is 1. The average molecular weight is 556 g/mol. The number of phenolic OH excluding ortho intramolecular Hbond substituents is 1. The van der Waals surface area contributed by atoms with Crippen molar-refractivity contribution in [2.45, 2.75) is 78.1 Å². The first kappa shape index (κ1) is 32.1. The van der Waals surface area contributed by atoms with E-state index in [9.17, 15) is 24.3 Å². The van der Waals surface area contributed by atoms with Gasteiger partial charge in [0.1, 0.15) is 23.4 Å². The smallest absolute Gasteiger partial charge is 0.408 e. The van der Waals surface area contributed by atoms with Gasteiger partial charge in [-0.05, 0) is 64.8 Å². The molecule has 218 valence electrons. The van der Waals surface area contributed by atoms with Crippen LogP contribution in [0.15, 0.2) is 54.6 Å². The van der Waals surface area contributed by atoms with Crippen LogP contribution in [-0.4, -0.2) is 64.7 Å². The average Bonchev–Trinajstić information content (AvgIpc) is 2.87. The van der Waals surface area contributed by atoms with E-state index in [-0.39, 0.29) is 31.7 Å².